The van der Waals surface area contributed by atoms with E-state index in [0.717, 1.165) is 24.8 Å². The van der Waals surface area contributed by atoms with Crippen LogP contribution in [0.4, 0.5) is 0 Å². The Bertz CT molecular complexity index is 300. The lowest BCUT2D eigenvalue weighted by Crippen LogP contribution is -2.02. The third kappa shape index (κ3) is 8.49. The van der Waals surface area contributed by atoms with E-state index in [1.807, 2.05) is 13.0 Å². The molecule has 0 rings (SSSR count). The predicted octanol–water partition coefficient (Wildman–Crippen LogP) is 4.04. The van der Waals surface area contributed by atoms with E-state index in [1.54, 1.807) is 0 Å². The van der Waals surface area contributed by atoms with E-state index in [9.17, 15) is 4.79 Å². The summed E-state index contributed by atoms with van der Waals surface area (Å²) in [5.74, 6) is 0.273. The van der Waals surface area contributed by atoms with Crippen molar-refractivity contribution in [3.63, 3.8) is 0 Å². The van der Waals surface area contributed by atoms with E-state index >= 15 is 0 Å². The summed E-state index contributed by atoms with van der Waals surface area (Å²) in [5, 5.41) is 0. The van der Waals surface area contributed by atoms with Crippen LogP contribution in [0.5, 0.6) is 0 Å². The Kier molecular flexibility index (Phi) is 8.12. The van der Waals surface area contributed by atoms with E-state index in [-0.39, 0.29) is 5.97 Å². The predicted molar refractivity (Wildman–Crippen MR) is 72.7 cm³/mol. The first-order valence-corrected chi connectivity index (χ1v) is 6.02. The Morgan fingerprint density at radius 2 is 2.00 bits per heavy atom. The molecule has 0 aromatic carbocycles. The Hall–Kier alpha value is -1.31. The lowest BCUT2D eigenvalue weighted by atomic mass is 9.92. The number of rotatable bonds is 8. The van der Waals surface area contributed by atoms with Crippen molar-refractivity contribution in [3.8, 4) is 0 Å². The van der Waals surface area contributed by atoms with Crippen LogP contribution < -0.4 is 0 Å². The van der Waals surface area contributed by atoms with Gasteiger partial charge in [-0.2, -0.15) is 0 Å². The molecule has 2 nitrogen and oxygen atoms in total. The molecule has 0 bridgehead atoms. The smallest absolute Gasteiger partial charge is 0.302 e. The highest BCUT2D eigenvalue weighted by Crippen LogP contribution is 2.20. The quantitative estimate of drug-likeness (QED) is 0.469. The zero-order valence-electron chi connectivity index (χ0n) is 11.3. The van der Waals surface area contributed by atoms with Crippen LogP contribution in [0.25, 0.3) is 0 Å². The maximum absolute atomic E-state index is 10.6. The topological polar surface area (TPSA) is 26.3 Å². The molecule has 0 radical (unpaired) electrons. The van der Waals surface area contributed by atoms with E-state index in [0.29, 0.717) is 12.5 Å². The zero-order valence-corrected chi connectivity index (χ0v) is 11.3. The summed E-state index contributed by atoms with van der Waals surface area (Å²) in [5.41, 5.74) is 2.30. The number of hydrogen-bond donors (Lipinski definition) is 0. The fourth-order valence-corrected chi connectivity index (χ4v) is 1.57. The number of ether oxygens (including phenoxy) is 1. The van der Waals surface area contributed by atoms with Crippen molar-refractivity contribution in [2.75, 3.05) is 6.61 Å². The summed E-state index contributed by atoms with van der Waals surface area (Å²) in [7, 11) is 0. The molecule has 0 fully saturated rings. The van der Waals surface area contributed by atoms with Crippen molar-refractivity contribution in [2.24, 2.45) is 5.92 Å². The minimum Gasteiger partial charge on any atom is -0.461 e. The average Bonchev–Trinajstić information content (AvgIpc) is 2.25. The molecule has 0 aliphatic carbocycles. The van der Waals surface area contributed by atoms with Crippen molar-refractivity contribution >= 4 is 5.97 Å². The van der Waals surface area contributed by atoms with E-state index in [2.05, 4.69) is 26.2 Å². The molecule has 96 valence electrons. The van der Waals surface area contributed by atoms with Crippen molar-refractivity contribution in [1.82, 2.24) is 0 Å². The number of esters is 1. The van der Waals surface area contributed by atoms with Gasteiger partial charge in [0.2, 0.25) is 0 Å². The van der Waals surface area contributed by atoms with E-state index < -0.39 is 0 Å². The van der Waals surface area contributed by atoms with Crippen LogP contribution in [0.2, 0.25) is 0 Å². The fraction of sp³-hybridized carbons (Fsp3) is 0.533. The van der Waals surface area contributed by atoms with Crippen LogP contribution in [-0.4, -0.2) is 12.6 Å². The van der Waals surface area contributed by atoms with E-state index in [4.69, 9.17) is 4.74 Å². The van der Waals surface area contributed by atoms with Crippen molar-refractivity contribution in [3.05, 3.63) is 36.5 Å². The minimum atomic E-state index is -0.232. The molecule has 0 saturated heterocycles. The highest BCUT2D eigenvalue weighted by atomic mass is 16.5. The molecule has 0 aromatic heterocycles. The monoisotopic (exact) mass is 236 g/mol. The van der Waals surface area contributed by atoms with Gasteiger partial charge in [0.25, 0.3) is 0 Å². The van der Waals surface area contributed by atoms with E-state index in [1.165, 1.54) is 12.5 Å². The summed E-state index contributed by atoms with van der Waals surface area (Å²) in [4.78, 5) is 10.6. The minimum absolute atomic E-state index is 0.232. The second-order valence-electron chi connectivity index (χ2n) is 4.48. The molecule has 0 amide bonds. The van der Waals surface area contributed by atoms with Crippen LogP contribution in [0, 0.1) is 5.92 Å². The van der Waals surface area contributed by atoms with Gasteiger partial charge in [-0.15, -0.1) is 6.58 Å². The SMILES string of the molecule is C=CCC(CC/C=C(\C)COC(C)=O)C(=C)C. The molecule has 0 aliphatic rings. The molecule has 2 heteroatoms. The normalized spacial score (nSPS) is 13.0. The molecular weight excluding hydrogens is 212 g/mol. The maximum Gasteiger partial charge on any atom is 0.302 e. The number of carbonyl (C=O) groups is 1. The fourth-order valence-electron chi connectivity index (χ4n) is 1.57. The average molecular weight is 236 g/mol. The summed E-state index contributed by atoms with van der Waals surface area (Å²) < 4.78 is 4.92. The van der Waals surface area contributed by atoms with Gasteiger partial charge in [0.15, 0.2) is 0 Å². The van der Waals surface area contributed by atoms with Crippen molar-refractivity contribution in [2.45, 2.75) is 40.0 Å². The molecule has 0 heterocycles. The summed E-state index contributed by atoms with van der Waals surface area (Å²) >= 11 is 0. The first-order chi connectivity index (χ1) is 7.97. The van der Waals surface area contributed by atoms with Gasteiger partial charge < -0.3 is 4.74 Å². The molecule has 0 aliphatic heterocycles. The van der Waals surface area contributed by atoms with Crippen LogP contribution in [0.15, 0.2) is 36.5 Å². The third-order valence-corrected chi connectivity index (χ3v) is 2.66. The second-order valence-corrected chi connectivity index (χ2v) is 4.48. The molecule has 0 saturated carbocycles. The standard InChI is InChI=1S/C15H24O2/c1-6-8-15(12(2)3)10-7-9-13(4)11-17-14(5)16/h6,9,15H,1-2,7-8,10-11H2,3-5H3/b13-9+. The molecule has 1 atom stereocenters. The maximum atomic E-state index is 10.6. The largest absolute Gasteiger partial charge is 0.461 e. The first-order valence-electron chi connectivity index (χ1n) is 6.02. The lowest BCUT2D eigenvalue weighted by molar-refractivity contribution is -0.139. The molecule has 0 N–H and O–H groups in total. The van der Waals surface area contributed by atoms with Gasteiger partial charge in [-0.1, -0.05) is 24.3 Å². The molecule has 0 aromatic rings. The van der Waals surface area contributed by atoms with Gasteiger partial charge in [-0.05, 0) is 44.6 Å². The van der Waals surface area contributed by atoms with Gasteiger partial charge in [-0.25, -0.2) is 0 Å². The van der Waals surface area contributed by atoms with Gasteiger partial charge >= 0.3 is 5.97 Å². The lowest BCUT2D eigenvalue weighted by Gasteiger charge is -2.13. The van der Waals surface area contributed by atoms with Crippen LogP contribution >= 0.6 is 0 Å². The molecule has 17 heavy (non-hydrogen) atoms. The second kappa shape index (κ2) is 8.80. The van der Waals surface area contributed by atoms with Crippen molar-refractivity contribution < 1.29 is 9.53 Å². The first kappa shape index (κ1) is 15.7. The van der Waals surface area contributed by atoms with Crippen molar-refractivity contribution in [1.29, 1.82) is 0 Å². The van der Waals surface area contributed by atoms with Gasteiger partial charge in [0.05, 0.1) is 0 Å². The third-order valence-electron chi connectivity index (χ3n) is 2.66. The number of allylic oxidation sites excluding steroid dienone is 3. The summed E-state index contributed by atoms with van der Waals surface area (Å²) in [6.07, 6.45) is 7.10. The van der Waals surface area contributed by atoms with Crippen LogP contribution in [0.3, 0.4) is 0 Å². The summed E-state index contributed by atoms with van der Waals surface area (Å²) in [6.45, 7) is 13.6. The Labute approximate surface area is 105 Å². The number of carbonyl (C=O) groups excluding carboxylic acids is 1. The Morgan fingerprint density at radius 1 is 1.35 bits per heavy atom. The molecular formula is C15H24O2. The highest BCUT2D eigenvalue weighted by Gasteiger charge is 2.06. The molecule has 0 spiro atoms. The van der Waals surface area contributed by atoms with Crippen LogP contribution in [-0.2, 0) is 9.53 Å². The molecule has 1 unspecified atom stereocenters. The van der Waals surface area contributed by atoms with Gasteiger partial charge in [0.1, 0.15) is 6.61 Å². The number of hydrogen-bond acceptors (Lipinski definition) is 2. The highest BCUT2D eigenvalue weighted by molar-refractivity contribution is 5.66. The van der Waals surface area contributed by atoms with Gasteiger partial charge in [-0.3, -0.25) is 4.79 Å². The zero-order chi connectivity index (χ0) is 13.3. The van der Waals surface area contributed by atoms with Gasteiger partial charge in [0, 0.05) is 6.92 Å². The Morgan fingerprint density at radius 3 is 2.47 bits per heavy atom. The Balaban J connectivity index is 4.00. The van der Waals surface area contributed by atoms with Crippen LogP contribution in [0.1, 0.15) is 40.0 Å². The summed E-state index contributed by atoms with van der Waals surface area (Å²) in [6, 6.07) is 0.